The lowest BCUT2D eigenvalue weighted by atomic mass is 9.97. The number of rotatable bonds is 2. The highest BCUT2D eigenvalue weighted by Crippen LogP contribution is 2.32. The van der Waals surface area contributed by atoms with E-state index in [9.17, 15) is 4.79 Å². The Hall–Kier alpha value is -3.54. The molecule has 0 unspecified atom stereocenters. The van der Waals surface area contributed by atoms with Crippen LogP contribution in [0.25, 0.3) is 38.5 Å². The molecule has 0 radical (unpaired) electrons. The fraction of sp³-hybridized carbons (Fsp3) is 0.308. The van der Waals surface area contributed by atoms with Crippen molar-refractivity contribution in [2.24, 2.45) is 7.05 Å². The number of aryl methyl sites for hydroxylation is 1. The van der Waals surface area contributed by atoms with Gasteiger partial charge in [0.1, 0.15) is 5.60 Å². The number of carbonyl (C=O) groups is 1. The molecule has 2 aromatic heterocycles. The maximum Gasteiger partial charge on any atom is 0.410 e. The highest BCUT2D eigenvalue weighted by Gasteiger charge is 2.24. The Morgan fingerprint density at radius 1 is 1.03 bits per heavy atom. The summed E-state index contributed by atoms with van der Waals surface area (Å²) in [5.41, 5.74) is 6.50. The van der Waals surface area contributed by atoms with Crippen LogP contribution in [0.5, 0.6) is 0 Å². The molecule has 0 atom stereocenters. The molecule has 0 spiro atoms. The van der Waals surface area contributed by atoms with Crippen molar-refractivity contribution in [2.75, 3.05) is 13.1 Å². The Bertz CT molecular complexity index is 1350. The summed E-state index contributed by atoms with van der Waals surface area (Å²) in [5.74, 6) is 0. The van der Waals surface area contributed by atoms with Crippen molar-refractivity contribution in [1.29, 1.82) is 0 Å². The van der Waals surface area contributed by atoms with Crippen LogP contribution in [-0.2, 0) is 11.8 Å². The standard InChI is InChI=1S/C26H28N4O2/c1-26(2,3)32-25(31)30-11-9-17(10-12-30)18-6-8-23-22(13-18)21-7-5-19(14-24(21)28-23)20-15-27-29(4)16-20/h5-9,13-16,28H,10-12H2,1-4H3. The molecule has 2 aromatic carbocycles. The molecular weight excluding hydrogens is 400 g/mol. The summed E-state index contributed by atoms with van der Waals surface area (Å²) in [4.78, 5) is 17.7. The normalized spacial score (nSPS) is 14.8. The van der Waals surface area contributed by atoms with Gasteiger partial charge in [-0.2, -0.15) is 5.10 Å². The topological polar surface area (TPSA) is 63.2 Å². The van der Waals surface area contributed by atoms with Crippen LogP contribution in [0.3, 0.4) is 0 Å². The Kier molecular flexibility index (Phi) is 4.81. The summed E-state index contributed by atoms with van der Waals surface area (Å²) in [6.45, 7) is 6.93. The number of H-pyrrole nitrogens is 1. The van der Waals surface area contributed by atoms with Gasteiger partial charge in [0.2, 0.25) is 0 Å². The SMILES string of the molecule is Cn1cc(-c2ccc3c(c2)[nH]c2ccc(C4=CCN(C(=O)OC(C)(C)C)CC4)cc23)cn1. The smallest absolute Gasteiger partial charge is 0.410 e. The van der Waals surface area contributed by atoms with Crippen LogP contribution in [0, 0.1) is 0 Å². The van der Waals surface area contributed by atoms with Gasteiger partial charge >= 0.3 is 6.09 Å². The van der Waals surface area contributed by atoms with Crippen LogP contribution >= 0.6 is 0 Å². The minimum atomic E-state index is -0.474. The quantitative estimate of drug-likeness (QED) is 0.442. The van der Waals surface area contributed by atoms with Crippen molar-refractivity contribution < 1.29 is 9.53 Å². The molecule has 0 saturated carbocycles. The number of amides is 1. The molecule has 4 aromatic rings. The Morgan fingerprint density at radius 3 is 2.53 bits per heavy atom. The van der Waals surface area contributed by atoms with Gasteiger partial charge in [0, 0.05) is 53.7 Å². The summed E-state index contributed by atoms with van der Waals surface area (Å²) in [6.07, 6.45) is 6.63. The van der Waals surface area contributed by atoms with E-state index in [1.807, 2.05) is 44.9 Å². The monoisotopic (exact) mass is 428 g/mol. The number of fused-ring (bicyclic) bond motifs is 3. The number of hydrogen-bond donors (Lipinski definition) is 1. The summed E-state index contributed by atoms with van der Waals surface area (Å²) in [7, 11) is 1.93. The molecule has 1 N–H and O–H groups in total. The molecule has 0 bridgehead atoms. The van der Waals surface area contributed by atoms with Crippen molar-refractivity contribution in [3.05, 3.63) is 60.4 Å². The minimum absolute atomic E-state index is 0.246. The maximum absolute atomic E-state index is 12.3. The highest BCUT2D eigenvalue weighted by atomic mass is 16.6. The van der Waals surface area contributed by atoms with Crippen LogP contribution in [0.4, 0.5) is 4.79 Å². The maximum atomic E-state index is 12.3. The average molecular weight is 429 g/mol. The van der Waals surface area contributed by atoms with Crippen molar-refractivity contribution >= 4 is 33.5 Å². The number of ether oxygens (including phenoxy) is 1. The van der Waals surface area contributed by atoms with Gasteiger partial charge in [-0.3, -0.25) is 4.68 Å². The second-order valence-corrected chi connectivity index (χ2v) is 9.45. The Balaban J connectivity index is 1.42. The zero-order chi connectivity index (χ0) is 22.5. The van der Waals surface area contributed by atoms with E-state index in [2.05, 4.69) is 52.6 Å². The molecule has 164 valence electrons. The molecule has 1 aliphatic rings. The van der Waals surface area contributed by atoms with Crippen LogP contribution in [0.15, 0.2) is 54.9 Å². The van der Waals surface area contributed by atoms with E-state index in [0.29, 0.717) is 13.1 Å². The number of aromatic amines is 1. The first-order chi connectivity index (χ1) is 15.3. The second kappa shape index (κ2) is 7.55. The lowest BCUT2D eigenvalue weighted by Crippen LogP contribution is -2.39. The molecule has 0 aliphatic carbocycles. The molecule has 3 heterocycles. The van der Waals surface area contributed by atoms with Gasteiger partial charge in [0.25, 0.3) is 0 Å². The number of benzene rings is 2. The fourth-order valence-electron chi connectivity index (χ4n) is 4.28. The van der Waals surface area contributed by atoms with Crippen molar-refractivity contribution in [3.8, 4) is 11.1 Å². The molecule has 0 saturated heterocycles. The molecule has 1 amide bonds. The van der Waals surface area contributed by atoms with Crippen molar-refractivity contribution in [1.82, 2.24) is 19.7 Å². The van der Waals surface area contributed by atoms with E-state index >= 15 is 0 Å². The first-order valence-corrected chi connectivity index (χ1v) is 11.0. The van der Waals surface area contributed by atoms with Crippen LogP contribution in [0.2, 0.25) is 0 Å². The first-order valence-electron chi connectivity index (χ1n) is 11.0. The number of nitrogens with zero attached hydrogens (tertiary/aromatic N) is 3. The lowest BCUT2D eigenvalue weighted by molar-refractivity contribution is 0.0270. The van der Waals surface area contributed by atoms with Crippen LogP contribution < -0.4 is 0 Å². The molecule has 6 heteroatoms. The second-order valence-electron chi connectivity index (χ2n) is 9.45. The third-order valence-electron chi connectivity index (χ3n) is 5.87. The van der Waals surface area contributed by atoms with Crippen LogP contribution in [0.1, 0.15) is 32.8 Å². The van der Waals surface area contributed by atoms with E-state index < -0.39 is 5.60 Å². The van der Waals surface area contributed by atoms with E-state index in [1.165, 1.54) is 21.9 Å². The molecule has 5 rings (SSSR count). The number of carbonyl (C=O) groups excluding carboxylic acids is 1. The fourth-order valence-corrected chi connectivity index (χ4v) is 4.28. The molecule has 1 aliphatic heterocycles. The Morgan fingerprint density at radius 2 is 1.84 bits per heavy atom. The summed E-state index contributed by atoms with van der Waals surface area (Å²) in [5, 5.41) is 6.70. The summed E-state index contributed by atoms with van der Waals surface area (Å²) >= 11 is 0. The molecule has 6 nitrogen and oxygen atoms in total. The van der Waals surface area contributed by atoms with Gasteiger partial charge in [-0.1, -0.05) is 24.3 Å². The van der Waals surface area contributed by atoms with Crippen LogP contribution in [-0.4, -0.2) is 44.4 Å². The predicted octanol–water partition coefficient (Wildman–Crippen LogP) is 5.75. The van der Waals surface area contributed by atoms with E-state index in [0.717, 1.165) is 28.6 Å². The number of aromatic nitrogens is 3. The highest BCUT2D eigenvalue weighted by molar-refractivity contribution is 6.09. The first kappa shape index (κ1) is 20.4. The van der Waals surface area contributed by atoms with Gasteiger partial charge in [0.15, 0.2) is 0 Å². The number of nitrogens with one attached hydrogen (secondary N) is 1. The van der Waals surface area contributed by atoms with Gasteiger partial charge in [-0.15, -0.1) is 0 Å². The van der Waals surface area contributed by atoms with Gasteiger partial charge in [-0.05, 0) is 62.1 Å². The van der Waals surface area contributed by atoms with Crippen molar-refractivity contribution in [3.63, 3.8) is 0 Å². The van der Waals surface area contributed by atoms with Gasteiger partial charge in [-0.25, -0.2) is 4.79 Å². The molecular formula is C26H28N4O2. The van der Waals surface area contributed by atoms with Crippen molar-refractivity contribution in [2.45, 2.75) is 32.8 Å². The lowest BCUT2D eigenvalue weighted by Gasteiger charge is -2.29. The summed E-state index contributed by atoms with van der Waals surface area (Å²) < 4.78 is 7.32. The van der Waals surface area contributed by atoms with E-state index in [-0.39, 0.29) is 6.09 Å². The zero-order valence-corrected chi connectivity index (χ0v) is 19.0. The zero-order valence-electron chi connectivity index (χ0n) is 19.0. The minimum Gasteiger partial charge on any atom is -0.444 e. The molecule has 32 heavy (non-hydrogen) atoms. The average Bonchev–Trinajstić information content (AvgIpc) is 3.35. The summed E-state index contributed by atoms with van der Waals surface area (Å²) in [6, 6.07) is 13.1. The third kappa shape index (κ3) is 3.88. The molecule has 0 fully saturated rings. The Labute approximate surface area is 187 Å². The predicted molar refractivity (Wildman–Crippen MR) is 128 cm³/mol. The van der Waals surface area contributed by atoms with Gasteiger partial charge in [0.05, 0.1) is 6.20 Å². The van der Waals surface area contributed by atoms with E-state index in [1.54, 1.807) is 4.90 Å². The van der Waals surface area contributed by atoms with Gasteiger partial charge < -0.3 is 14.6 Å². The third-order valence-corrected chi connectivity index (χ3v) is 5.87. The number of hydrogen-bond acceptors (Lipinski definition) is 3. The van der Waals surface area contributed by atoms with E-state index in [4.69, 9.17) is 4.74 Å². The largest absolute Gasteiger partial charge is 0.444 e.